The van der Waals surface area contributed by atoms with Gasteiger partial charge in [0.25, 0.3) is 5.91 Å². The van der Waals surface area contributed by atoms with Crippen molar-refractivity contribution in [3.63, 3.8) is 0 Å². The highest BCUT2D eigenvalue weighted by Crippen LogP contribution is 2.19. The normalized spacial score (nSPS) is 12.1. The first-order valence-electron chi connectivity index (χ1n) is 9.60. The molecule has 0 heterocycles. The molecular weight excluding hydrogens is 414 g/mol. The summed E-state index contributed by atoms with van der Waals surface area (Å²) in [6.45, 7) is 1.58. The zero-order chi connectivity index (χ0) is 22.4. The first-order chi connectivity index (χ1) is 14.7. The number of primary sulfonamides is 1. The molecular formula is C23H23N3O4S. The van der Waals surface area contributed by atoms with Crippen LogP contribution in [0.15, 0.2) is 83.8 Å². The van der Waals surface area contributed by atoms with E-state index in [-0.39, 0.29) is 29.3 Å². The zero-order valence-electron chi connectivity index (χ0n) is 16.9. The van der Waals surface area contributed by atoms with Crippen molar-refractivity contribution >= 4 is 21.8 Å². The lowest BCUT2D eigenvalue weighted by molar-refractivity contribution is -0.120. The molecule has 2 amide bonds. The second kappa shape index (κ2) is 9.55. The Morgan fingerprint density at radius 2 is 1.45 bits per heavy atom. The molecule has 0 radical (unpaired) electrons. The van der Waals surface area contributed by atoms with Gasteiger partial charge in [-0.2, -0.15) is 0 Å². The summed E-state index contributed by atoms with van der Waals surface area (Å²) < 4.78 is 22.6. The first-order valence-corrected chi connectivity index (χ1v) is 11.1. The summed E-state index contributed by atoms with van der Waals surface area (Å²) in [6.07, 6.45) is 0. The number of sulfonamides is 1. The molecule has 3 rings (SSSR count). The van der Waals surface area contributed by atoms with Gasteiger partial charge in [0, 0.05) is 5.56 Å². The van der Waals surface area contributed by atoms with Crippen LogP contribution in [-0.4, -0.2) is 26.8 Å². The van der Waals surface area contributed by atoms with Crippen molar-refractivity contribution in [2.75, 3.05) is 6.54 Å². The Kier molecular flexibility index (Phi) is 6.84. The van der Waals surface area contributed by atoms with Crippen molar-refractivity contribution in [1.82, 2.24) is 10.6 Å². The highest BCUT2D eigenvalue weighted by molar-refractivity contribution is 7.89. The van der Waals surface area contributed by atoms with Crippen molar-refractivity contribution in [1.29, 1.82) is 0 Å². The van der Waals surface area contributed by atoms with Crippen LogP contribution in [-0.2, 0) is 14.8 Å². The van der Waals surface area contributed by atoms with Crippen molar-refractivity contribution in [3.05, 3.63) is 90.0 Å². The summed E-state index contributed by atoms with van der Waals surface area (Å²) in [6, 6.07) is 22.5. The number of nitrogens with two attached hydrogens (primary N) is 1. The molecule has 0 fully saturated rings. The third-order valence-corrected chi connectivity index (χ3v) is 5.68. The van der Waals surface area contributed by atoms with Crippen LogP contribution in [0.5, 0.6) is 0 Å². The minimum atomic E-state index is -3.77. The Bertz CT molecular complexity index is 1160. The molecule has 1 unspecified atom stereocenters. The van der Waals surface area contributed by atoms with Crippen molar-refractivity contribution < 1.29 is 18.0 Å². The lowest BCUT2D eigenvalue weighted by Gasteiger charge is -2.15. The Hall–Kier alpha value is -3.49. The quantitative estimate of drug-likeness (QED) is 0.526. The molecule has 0 saturated carbocycles. The van der Waals surface area contributed by atoms with Gasteiger partial charge in [-0.05, 0) is 47.9 Å². The molecule has 0 spiro atoms. The fourth-order valence-electron chi connectivity index (χ4n) is 3.03. The van der Waals surface area contributed by atoms with E-state index in [0.29, 0.717) is 11.1 Å². The third kappa shape index (κ3) is 6.00. The second-order valence-electron chi connectivity index (χ2n) is 7.03. The number of hydrogen-bond donors (Lipinski definition) is 3. The molecule has 7 nitrogen and oxygen atoms in total. The molecule has 4 N–H and O–H groups in total. The van der Waals surface area contributed by atoms with Gasteiger partial charge in [0.15, 0.2) is 0 Å². The molecule has 0 saturated heterocycles. The van der Waals surface area contributed by atoms with Crippen LogP contribution in [0.2, 0.25) is 0 Å². The molecule has 1 atom stereocenters. The van der Waals surface area contributed by atoms with E-state index >= 15 is 0 Å². The average Bonchev–Trinajstić information content (AvgIpc) is 2.77. The molecule has 3 aromatic rings. The number of hydrogen-bond acceptors (Lipinski definition) is 4. The topological polar surface area (TPSA) is 118 Å². The van der Waals surface area contributed by atoms with Crippen LogP contribution in [0.1, 0.15) is 28.9 Å². The van der Waals surface area contributed by atoms with Crippen LogP contribution in [0.4, 0.5) is 0 Å². The Morgan fingerprint density at radius 3 is 2.03 bits per heavy atom. The van der Waals surface area contributed by atoms with Crippen molar-refractivity contribution in [2.24, 2.45) is 5.14 Å². The predicted molar refractivity (Wildman–Crippen MR) is 119 cm³/mol. The molecule has 0 aliphatic rings. The number of carbonyl (C=O) groups is 2. The van der Waals surface area contributed by atoms with Gasteiger partial charge >= 0.3 is 0 Å². The number of rotatable bonds is 7. The molecule has 160 valence electrons. The van der Waals surface area contributed by atoms with E-state index in [9.17, 15) is 18.0 Å². The maximum absolute atomic E-state index is 12.3. The van der Waals surface area contributed by atoms with Crippen LogP contribution >= 0.6 is 0 Å². The van der Waals surface area contributed by atoms with Crippen LogP contribution in [0, 0.1) is 0 Å². The van der Waals surface area contributed by atoms with E-state index < -0.39 is 10.0 Å². The maximum Gasteiger partial charge on any atom is 0.251 e. The lowest BCUT2D eigenvalue weighted by atomic mass is 10.0. The Balaban J connectivity index is 1.52. The van der Waals surface area contributed by atoms with Crippen LogP contribution in [0.25, 0.3) is 11.1 Å². The highest BCUT2D eigenvalue weighted by Gasteiger charge is 2.13. The summed E-state index contributed by atoms with van der Waals surface area (Å²) in [5.74, 6) is -0.711. The molecule has 3 aromatic carbocycles. The van der Waals surface area contributed by atoms with Gasteiger partial charge in [0.1, 0.15) is 0 Å². The number of benzene rings is 3. The summed E-state index contributed by atoms with van der Waals surface area (Å²) in [5.41, 5.74) is 3.22. The Labute approximate surface area is 181 Å². The average molecular weight is 438 g/mol. The van der Waals surface area contributed by atoms with E-state index in [1.807, 2.05) is 42.5 Å². The summed E-state index contributed by atoms with van der Waals surface area (Å²) in [5, 5.41) is 10.4. The van der Waals surface area contributed by atoms with Crippen molar-refractivity contribution in [3.8, 4) is 11.1 Å². The fourth-order valence-corrected chi connectivity index (χ4v) is 3.54. The van der Waals surface area contributed by atoms with Gasteiger partial charge in [-0.15, -0.1) is 0 Å². The molecule has 8 heteroatoms. The van der Waals surface area contributed by atoms with E-state index in [1.54, 1.807) is 31.2 Å². The number of amides is 2. The highest BCUT2D eigenvalue weighted by atomic mass is 32.2. The van der Waals surface area contributed by atoms with Gasteiger partial charge in [-0.1, -0.05) is 54.6 Å². The van der Waals surface area contributed by atoms with Gasteiger partial charge in [0.2, 0.25) is 15.9 Å². The summed E-state index contributed by atoms with van der Waals surface area (Å²) >= 11 is 0. The minimum absolute atomic E-state index is 0.000299. The molecule has 0 bridgehead atoms. The van der Waals surface area contributed by atoms with Gasteiger partial charge in [-0.3, -0.25) is 9.59 Å². The van der Waals surface area contributed by atoms with Crippen molar-refractivity contribution in [2.45, 2.75) is 17.9 Å². The van der Waals surface area contributed by atoms with Gasteiger partial charge < -0.3 is 10.6 Å². The lowest BCUT2D eigenvalue weighted by Crippen LogP contribution is -2.38. The van der Waals surface area contributed by atoms with Crippen LogP contribution < -0.4 is 15.8 Å². The summed E-state index contributed by atoms with van der Waals surface area (Å²) in [7, 11) is -3.77. The molecule has 0 aliphatic heterocycles. The largest absolute Gasteiger partial charge is 0.348 e. The number of carbonyl (C=O) groups excluding carboxylic acids is 2. The second-order valence-corrected chi connectivity index (χ2v) is 8.59. The van der Waals surface area contributed by atoms with Gasteiger partial charge in [0.05, 0.1) is 17.5 Å². The fraction of sp³-hybridized carbons (Fsp3) is 0.130. The predicted octanol–water partition coefficient (Wildman–Crippen LogP) is 2.61. The van der Waals surface area contributed by atoms with Gasteiger partial charge in [-0.25, -0.2) is 13.6 Å². The standard InChI is InChI=1S/C23H23N3O4S/c1-16(17-11-13-21(14-12-17)31(24,29)30)26-22(27)15-25-23(28)20-9-7-19(8-10-20)18-5-3-2-4-6-18/h2-14,16H,15H2,1H3,(H,25,28)(H,26,27)(H2,24,29,30). The van der Waals surface area contributed by atoms with E-state index in [0.717, 1.165) is 11.1 Å². The summed E-state index contributed by atoms with van der Waals surface area (Å²) in [4.78, 5) is 24.5. The smallest absolute Gasteiger partial charge is 0.251 e. The third-order valence-electron chi connectivity index (χ3n) is 4.75. The minimum Gasteiger partial charge on any atom is -0.348 e. The maximum atomic E-state index is 12.3. The molecule has 31 heavy (non-hydrogen) atoms. The SMILES string of the molecule is CC(NC(=O)CNC(=O)c1ccc(-c2ccccc2)cc1)c1ccc(S(N)(=O)=O)cc1. The monoisotopic (exact) mass is 437 g/mol. The van der Waals surface area contributed by atoms with E-state index in [2.05, 4.69) is 10.6 Å². The van der Waals surface area contributed by atoms with Crippen LogP contribution in [0.3, 0.4) is 0 Å². The zero-order valence-corrected chi connectivity index (χ0v) is 17.7. The van der Waals surface area contributed by atoms with E-state index in [4.69, 9.17) is 5.14 Å². The molecule has 0 aliphatic carbocycles. The number of nitrogens with one attached hydrogen (secondary N) is 2. The first kappa shape index (κ1) is 22.2. The molecule has 0 aromatic heterocycles. The Morgan fingerprint density at radius 1 is 0.871 bits per heavy atom. The van der Waals surface area contributed by atoms with E-state index in [1.165, 1.54) is 12.1 Å².